The zero-order chi connectivity index (χ0) is 14.0. The molecule has 18 heavy (non-hydrogen) atoms. The predicted octanol–water partition coefficient (Wildman–Crippen LogP) is 1.98. The van der Waals surface area contributed by atoms with Crippen LogP contribution in [-0.2, 0) is 15.6 Å². The van der Waals surface area contributed by atoms with E-state index in [1.807, 2.05) is 13.8 Å². The smallest absolute Gasteiger partial charge is 0.240 e. The molecule has 0 bridgehead atoms. The van der Waals surface area contributed by atoms with Crippen LogP contribution in [0.2, 0.25) is 0 Å². The number of carbonyl (C=O) groups excluding carboxylic acids is 1. The van der Waals surface area contributed by atoms with Crippen molar-refractivity contribution in [2.24, 2.45) is 5.41 Å². The molecule has 0 aromatic heterocycles. The molecule has 5 heteroatoms. The van der Waals surface area contributed by atoms with Gasteiger partial charge >= 0.3 is 0 Å². The molecule has 1 amide bonds. The van der Waals surface area contributed by atoms with Gasteiger partial charge in [0.15, 0.2) is 0 Å². The van der Waals surface area contributed by atoms with Crippen molar-refractivity contribution in [3.63, 3.8) is 0 Å². The van der Waals surface area contributed by atoms with E-state index >= 15 is 0 Å². The van der Waals surface area contributed by atoms with E-state index in [9.17, 15) is 14.3 Å². The highest BCUT2D eigenvalue weighted by Crippen LogP contribution is 2.29. The SMILES string of the molecule is CCCC(C#N)(CCC)C(=O)NCCCS(C)=O. The lowest BCUT2D eigenvalue weighted by atomic mass is 9.80. The average Bonchev–Trinajstić information content (AvgIpc) is 2.33. The van der Waals surface area contributed by atoms with Gasteiger partial charge in [-0.3, -0.25) is 9.00 Å². The molecular weight excluding hydrogens is 248 g/mol. The van der Waals surface area contributed by atoms with Crippen LogP contribution in [0.25, 0.3) is 0 Å². The van der Waals surface area contributed by atoms with E-state index in [0.717, 1.165) is 12.8 Å². The molecule has 0 saturated carbocycles. The second-order valence-electron chi connectivity index (χ2n) is 4.58. The molecule has 0 aromatic rings. The molecule has 0 heterocycles. The first kappa shape index (κ1) is 17.1. The van der Waals surface area contributed by atoms with Gasteiger partial charge < -0.3 is 5.32 Å². The Balaban J connectivity index is 4.38. The van der Waals surface area contributed by atoms with Crippen LogP contribution in [0.5, 0.6) is 0 Å². The van der Waals surface area contributed by atoms with Crippen molar-refractivity contribution >= 4 is 16.7 Å². The molecule has 0 aliphatic heterocycles. The van der Waals surface area contributed by atoms with Crippen LogP contribution in [0.4, 0.5) is 0 Å². The fraction of sp³-hybridized carbons (Fsp3) is 0.846. The minimum atomic E-state index is -0.880. The van der Waals surface area contributed by atoms with Crippen molar-refractivity contribution in [3.05, 3.63) is 0 Å². The summed E-state index contributed by atoms with van der Waals surface area (Å²) in [6.07, 6.45) is 5.18. The molecule has 1 unspecified atom stereocenters. The van der Waals surface area contributed by atoms with E-state index in [-0.39, 0.29) is 5.91 Å². The molecular formula is C13H24N2O2S. The van der Waals surface area contributed by atoms with Crippen molar-refractivity contribution in [2.75, 3.05) is 18.6 Å². The first-order valence-corrected chi connectivity index (χ1v) is 8.24. The highest BCUT2D eigenvalue weighted by Gasteiger charge is 2.36. The largest absolute Gasteiger partial charge is 0.355 e. The third-order valence-corrected chi connectivity index (χ3v) is 3.76. The number of carbonyl (C=O) groups is 1. The van der Waals surface area contributed by atoms with Gasteiger partial charge in [-0.2, -0.15) is 5.26 Å². The molecule has 0 aliphatic rings. The van der Waals surface area contributed by atoms with Crippen LogP contribution in [0.1, 0.15) is 46.0 Å². The summed E-state index contributed by atoms with van der Waals surface area (Å²) < 4.78 is 10.9. The molecule has 0 fully saturated rings. The molecule has 0 aromatic carbocycles. The summed E-state index contributed by atoms with van der Waals surface area (Å²) in [7, 11) is -0.826. The Morgan fingerprint density at radius 3 is 2.28 bits per heavy atom. The summed E-state index contributed by atoms with van der Waals surface area (Å²) >= 11 is 0. The number of rotatable bonds is 9. The van der Waals surface area contributed by atoms with E-state index in [4.69, 9.17) is 0 Å². The molecule has 104 valence electrons. The maximum Gasteiger partial charge on any atom is 0.240 e. The van der Waals surface area contributed by atoms with Crippen LogP contribution >= 0.6 is 0 Å². The van der Waals surface area contributed by atoms with Crippen LogP contribution in [0, 0.1) is 16.7 Å². The Bertz CT molecular complexity index is 317. The first-order valence-electron chi connectivity index (χ1n) is 6.52. The normalized spacial score (nSPS) is 12.8. The van der Waals surface area contributed by atoms with Gasteiger partial charge in [-0.15, -0.1) is 0 Å². The minimum Gasteiger partial charge on any atom is -0.355 e. The molecule has 0 saturated heterocycles. The van der Waals surface area contributed by atoms with Gasteiger partial charge in [0, 0.05) is 29.4 Å². The van der Waals surface area contributed by atoms with Crippen LogP contribution in [0.15, 0.2) is 0 Å². The van der Waals surface area contributed by atoms with Crippen molar-refractivity contribution in [1.82, 2.24) is 5.32 Å². The van der Waals surface area contributed by atoms with Gasteiger partial charge in [-0.1, -0.05) is 26.7 Å². The zero-order valence-electron chi connectivity index (χ0n) is 11.6. The predicted molar refractivity (Wildman–Crippen MR) is 74.4 cm³/mol. The summed E-state index contributed by atoms with van der Waals surface area (Å²) in [6.45, 7) is 4.46. The van der Waals surface area contributed by atoms with Crippen molar-refractivity contribution < 1.29 is 9.00 Å². The average molecular weight is 272 g/mol. The van der Waals surface area contributed by atoms with E-state index in [0.29, 0.717) is 31.6 Å². The number of hydrogen-bond donors (Lipinski definition) is 1. The van der Waals surface area contributed by atoms with Crippen molar-refractivity contribution in [2.45, 2.75) is 46.0 Å². The van der Waals surface area contributed by atoms with Gasteiger partial charge in [0.2, 0.25) is 5.91 Å². The highest BCUT2D eigenvalue weighted by atomic mass is 32.2. The summed E-state index contributed by atoms with van der Waals surface area (Å²) in [5.41, 5.74) is -0.880. The Kier molecular flexibility index (Phi) is 8.65. The van der Waals surface area contributed by atoms with Gasteiger partial charge in [-0.05, 0) is 19.3 Å². The zero-order valence-corrected chi connectivity index (χ0v) is 12.4. The van der Waals surface area contributed by atoms with Gasteiger partial charge in [0.1, 0.15) is 5.41 Å². The van der Waals surface area contributed by atoms with E-state index in [2.05, 4.69) is 11.4 Å². The number of hydrogen-bond acceptors (Lipinski definition) is 3. The second-order valence-corrected chi connectivity index (χ2v) is 6.14. The topological polar surface area (TPSA) is 70.0 Å². The van der Waals surface area contributed by atoms with Crippen LogP contribution < -0.4 is 5.32 Å². The number of nitriles is 1. The summed E-state index contributed by atoms with van der Waals surface area (Å²) in [4.78, 5) is 12.1. The lowest BCUT2D eigenvalue weighted by Gasteiger charge is -2.24. The standard InChI is InChI=1S/C13H24N2O2S/c1-4-7-13(11-14,8-5-2)12(16)15-9-6-10-18(3)17/h4-10H2,1-3H3,(H,15,16). The molecule has 1 atom stereocenters. The monoisotopic (exact) mass is 272 g/mol. The molecule has 0 aliphatic carbocycles. The van der Waals surface area contributed by atoms with E-state index in [1.54, 1.807) is 6.26 Å². The Labute approximate surface area is 113 Å². The van der Waals surface area contributed by atoms with Crippen LogP contribution in [0.3, 0.4) is 0 Å². The maximum atomic E-state index is 12.1. The van der Waals surface area contributed by atoms with E-state index in [1.165, 1.54) is 0 Å². The number of amides is 1. The Hall–Kier alpha value is -0.890. The minimum absolute atomic E-state index is 0.171. The molecule has 0 spiro atoms. The van der Waals surface area contributed by atoms with Crippen LogP contribution in [-0.4, -0.2) is 28.7 Å². The number of nitrogens with zero attached hydrogens (tertiary/aromatic N) is 1. The molecule has 4 nitrogen and oxygen atoms in total. The Morgan fingerprint density at radius 2 is 1.89 bits per heavy atom. The van der Waals surface area contributed by atoms with Gasteiger partial charge in [-0.25, -0.2) is 0 Å². The molecule has 0 radical (unpaired) electrons. The molecule has 0 rings (SSSR count). The fourth-order valence-electron chi connectivity index (χ4n) is 2.01. The molecule has 1 N–H and O–H groups in total. The third-order valence-electron chi connectivity index (χ3n) is 2.90. The summed E-state index contributed by atoms with van der Waals surface area (Å²) in [6, 6.07) is 2.19. The quantitative estimate of drug-likeness (QED) is 0.652. The van der Waals surface area contributed by atoms with Gasteiger partial charge in [0.05, 0.1) is 6.07 Å². The number of nitrogens with one attached hydrogen (secondary N) is 1. The highest BCUT2D eigenvalue weighted by molar-refractivity contribution is 7.84. The first-order chi connectivity index (χ1) is 8.52. The maximum absolute atomic E-state index is 12.1. The van der Waals surface area contributed by atoms with Crippen molar-refractivity contribution in [1.29, 1.82) is 5.26 Å². The third kappa shape index (κ3) is 5.63. The summed E-state index contributed by atoms with van der Waals surface area (Å²) in [5.74, 6) is 0.414. The fourth-order valence-corrected chi connectivity index (χ4v) is 2.57. The summed E-state index contributed by atoms with van der Waals surface area (Å²) in [5, 5.41) is 12.1. The lowest BCUT2D eigenvalue weighted by molar-refractivity contribution is -0.128. The van der Waals surface area contributed by atoms with E-state index < -0.39 is 16.2 Å². The second kappa shape index (κ2) is 9.09. The lowest BCUT2D eigenvalue weighted by Crippen LogP contribution is -2.40. The Morgan fingerprint density at radius 1 is 1.33 bits per heavy atom. The van der Waals surface area contributed by atoms with Crippen molar-refractivity contribution in [3.8, 4) is 6.07 Å². The van der Waals surface area contributed by atoms with Gasteiger partial charge in [0.25, 0.3) is 0 Å².